The predicted octanol–water partition coefficient (Wildman–Crippen LogP) is 2.17. The van der Waals surface area contributed by atoms with Crippen molar-refractivity contribution in [2.45, 2.75) is 37.6 Å². The Morgan fingerprint density at radius 2 is 1.48 bits per heavy atom. The van der Waals surface area contributed by atoms with Crippen LogP contribution in [0.4, 0.5) is 0 Å². The van der Waals surface area contributed by atoms with E-state index < -0.39 is 10.0 Å². The van der Waals surface area contributed by atoms with E-state index in [9.17, 15) is 18.0 Å². The molecule has 8 nitrogen and oxygen atoms in total. The smallest absolute Gasteiger partial charge is 0.329 e. The number of piperazine rings is 1. The third-order valence-electron chi connectivity index (χ3n) is 6.29. The van der Waals surface area contributed by atoms with Crippen LogP contribution >= 0.6 is 0 Å². The first-order valence-corrected chi connectivity index (χ1v) is 12.5. The topological polar surface area (TPSA) is 84.6 Å². The van der Waals surface area contributed by atoms with Crippen LogP contribution in [0.3, 0.4) is 0 Å². The van der Waals surface area contributed by atoms with E-state index in [0.29, 0.717) is 5.52 Å². The maximum absolute atomic E-state index is 13.1. The van der Waals surface area contributed by atoms with Gasteiger partial charge in [0.1, 0.15) is 6.54 Å². The molecule has 33 heavy (non-hydrogen) atoms. The van der Waals surface area contributed by atoms with Crippen LogP contribution in [-0.4, -0.2) is 58.8 Å². The number of hydrogen-bond acceptors (Lipinski definition) is 4. The highest BCUT2D eigenvalue weighted by atomic mass is 32.2. The first-order valence-electron chi connectivity index (χ1n) is 11.0. The number of imidazole rings is 1. The summed E-state index contributed by atoms with van der Waals surface area (Å²) in [5, 5.41) is 0. The third-order valence-corrected chi connectivity index (χ3v) is 8.21. The average molecular weight is 471 g/mol. The molecule has 1 aliphatic rings. The van der Waals surface area contributed by atoms with Crippen molar-refractivity contribution in [3.05, 3.63) is 64.6 Å². The highest BCUT2D eigenvalue weighted by molar-refractivity contribution is 7.89. The molecule has 2 heterocycles. The summed E-state index contributed by atoms with van der Waals surface area (Å²) in [5.41, 5.74) is 2.24. The Morgan fingerprint density at radius 3 is 2.06 bits per heavy atom. The first kappa shape index (κ1) is 23.3. The van der Waals surface area contributed by atoms with Gasteiger partial charge in [-0.2, -0.15) is 4.31 Å². The molecule has 0 spiro atoms. The summed E-state index contributed by atoms with van der Waals surface area (Å²) in [6, 6.07) is 14.4. The normalized spacial score (nSPS) is 15.8. The van der Waals surface area contributed by atoms with Crippen molar-refractivity contribution in [3.8, 4) is 0 Å². The largest absolute Gasteiger partial charge is 0.338 e. The predicted molar refractivity (Wildman–Crippen MR) is 128 cm³/mol. The molecular formula is C24H30N4O4S. The highest BCUT2D eigenvalue weighted by Gasteiger charge is 2.30. The number of para-hydroxylation sites is 2. The zero-order chi connectivity index (χ0) is 24.0. The van der Waals surface area contributed by atoms with E-state index in [4.69, 9.17) is 0 Å². The number of sulfonamides is 1. The number of carbonyl (C=O) groups is 1. The van der Waals surface area contributed by atoms with Crippen LogP contribution in [0.5, 0.6) is 0 Å². The lowest BCUT2D eigenvalue weighted by Crippen LogP contribution is -2.51. The molecule has 1 fully saturated rings. The number of amides is 1. The summed E-state index contributed by atoms with van der Waals surface area (Å²) in [6.07, 6.45) is 0. The number of aryl methyl sites for hydroxylation is 1. The zero-order valence-electron chi connectivity index (χ0n) is 19.5. The van der Waals surface area contributed by atoms with Gasteiger partial charge < -0.3 is 4.90 Å². The molecule has 3 aromatic rings. The average Bonchev–Trinajstić information content (AvgIpc) is 3.03. The van der Waals surface area contributed by atoms with Crippen LogP contribution in [0.25, 0.3) is 11.0 Å². The second-order valence-corrected chi connectivity index (χ2v) is 11.4. The number of aromatic nitrogens is 2. The van der Waals surface area contributed by atoms with Crippen molar-refractivity contribution in [1.82, 2.24) is 18.3 Å². The molecule has 0 saturated carbocycles. The van der Waals surface area contributed by atoms with E-state index in [2.05, 4.69) is 20.8 Å². The summed E-state index contributed by atoms with van der Waals surface area (Å²) in [4.78, 5) is 27.4. The van der Waals surface area contributed by atoms with E-state index in [1.54, 1.807) is 24.1 Å². The van der Waals surface area contributed by atoms with Crippen molar-refractivity contribution in [1.29, 1.82) is 0 Å². The Morgan fingerprint density at radius 1 is 0.909 bits per heavy atom. The summed E-state index contributed by atoms with van der Waals surface area (Å²) in [5.74, 6) is -0.194. The Balaban J connectivity index is 1.44. The molecule has 1 aliphatic heterocycles. The summed E-state index contributed by atoms with van der Waals surface area (Å²) < 4.78 is 30.6. The van der Waals surface area contributed by atoms with Gasteiger partial charge in [0.25, 0.3) is 0 Å². The van der Waals surface area contributed by atoms with Gasteiger partial charge in [0.05, 0.1) is 15.9 Å². The van der Waals surface area contributed by atoms with Gasteiger partial charge in [-0.15, -0.1) is 0 Å². The number of hydrogen-bond donors (Lipinski definition) is 0. The summed E-state index contributed by atoms with van der Waals surface area (Å²) in [6.45, 7) is 7.20. The molecule has 176 valence electrons. The summed E-state index contributed by atoms with van der Waals surface area (Å²) >= 11 is 0. The van der Waals surface area contributed by atoms with Gasteiger partial charge in [0, 0.05) is 33.2 Å². The molecule has 4 rings (SSSR count). The van der Waals surface area contributed by atoms with Crippen LogP contribution < -0.4 is 5.69 Å². The zero-order valence-corrected chi connectivity index (χ0v) is 20.3. The first-order chi connectivity index (χ1) is 15.5. The molecule has 0 aliphatic carbocycles. The Labute approximate surface area is 194 Å². The number of carbonyl (C=O) groups excluding carboxylic acids is 1. The van der Waals surface area contributed by atoms with Gasteiger partial charge in [-0.05, 0) is 35.2 Å². The summed E-state index contributed by atoms with van der Waals surface area (Å²) in [7, 11) is -1.94. The van der Waals surface area contributed by atoms with Crippen molar-refractivity contribution in [2.24, 2.45) is 7.05 Å². The monoisotopic (exact) mass is 470 g/mol. The van der Waals surface area contributed by atoms with Crippen LogP contribution in [-0.2, 0) is 33.8 Å². The minimum Gasteiger partial charge on any atom is -0.338 e. The number of benzene rings is 2. The minimum atomic E-state index is -3.63. The van der Waals surface area contributed by atoms with E-state index in [1.807, 2.05) is 36.4 Å². The lowest BCUT2D eigenvalue weighted by Gasteiger charge is -2.34. The van der Waals surface area contributed by atoms with Crippen molar-refractivity contribution in [2.75, 3.05) is 26.2 Å². The quantitative estimate of drug-likeness (QED) is 0.585. The lowest BCUT2D eigenvalue weighted by molar-refractivity contribution is -0.133. The molecule has 1 aromatic heterocycles. The van der Waals surface area contributed by atoms with E-state index in [-0.39, 0.29) is 54.6 Å². The number of fused-ring (bicyclic) bond motifs is 1. The molecular weight excluding hydrogens is 440 g/mol. The van der Waals surface area contributed by atoms with Gasteiger partial charge >= 0.3 is 5.69 Å². The Kier molecular flexibility index (Phi) is 5.96. The van der Waals surface area contributed by atoms with Crippen molar-refractivity contribution >= 4 is 27.0 Å². The fourth-order valence-electron chi connectivity index (χ4n) is 4.21. The second kappa shape index (κ2) is 8.46. The molecule has 0 N–H and O–H groups in total. The molecule has 1 amide bonds. The van der Waals surface area contributed by atoms with Crippen LogP contribution in [0.1, 0.15) is 26.3 Å². The van der Waals surface area contributed by atoms with Crippen molar-refractivity contribution in [3.63, 3.8) is 0 Å². The lowest BCUT2D eigenvalue weighted by atomic mass is 9.87. The minimum absolute atomic E-state index is 0.0552. The van der Waals surface area contributed by atoms with Gasteiger partial charge in [-0.1, -0.05) is 45.0 Å². The molecule has 0 bridgehead atoms. The third kappa shape index (κ3) is 4.35. The van der Waals surface area contributed by atoms with Crippen LogP contribution in [0, 0.1) is 0 Å². The maximum Gasteiger partial charge on any atom is 0.329 e. The molecule has 2 aromatic carbocycles. The van der Waals surface area contributed by atoms with Gasteiger partial charge in [0.2, 0.25) is 15.9 Å². The standard InChI is InChI=1S/C24H30N4O4S/c1-24(2,3)18-9-11-19(12-10-18)33(31,32)27-15-13-26(14-16-27)22(29)17-28-21-8-6-5-7-20(21)25(4)23(28)30/h5-12H,13-17H2,1-4H3. The molecule has 0 unspecified atom stereocenters. The van der Waals surface area contributed by atoms with Gasteiger partial charge in [-0.3, -0.25) is 13.9 Å². The van der Waals surface area contributed by atoms with Crippen molar-refractivity contribution < 1.29 is 13.2 Å². The highest BCUT2D eigenvalue weighted by Crippen LogP contribution is 2.25. The van der Waals surface area contributed by atoms with E-state index in [0.717, 1.165) is 11.1 Å². The Hall–Kier alpha value is -2.91. The van der Waals surface area contributed by atoms with Crippen LogP contribution in [0.15, 0.2) is 58.2 Å². The SMILES string of the molecule is Cn1c(=O)n(CC(=O)N2CCN(S(=O)(=O)c3ccc(C(C)(C)C)cc3)CC2)c2ccccc21. The Bertz CT molecular complexity index is 1340. The fourth-order valence-corrected chi connectivity index (χ4v) is 5.63. The van der Waals surface area contributed by atoms with Gasteiger partial charge in [0.15, 0.2) is 0 Å². The molecule has 0 radical (unpaired) electrons. The maximum atomic E-state index is 13.1. The molecule has 0 atom stereocenters. The second-order valence-electron chi connectivity index (χ2n) is 9.48. The van der Waals surface area contributed by atoms with Crippen LogP contribution in [0.2, 0.25) is 0 Å². The van der Waals surface area contributed by atoms with E-state index in [1.165, 1.54) is 13.4 Å². The molecule has 9 heteroatoms. The van der Waals surface area contributed by atoms with Gasteiger partial charge in [-0.25, -0.2) is 13.2 Å². The molecule has 1 saturated heterocycles. The number of nitrogens with zero attached hydrogens (tertiary/aromatic N) is 4. The van der Waals surface area contributed by atoms with E-state index >= 15 is 0 Å². The fraction of sp³-hybridized carbons (Fsp3) is 0.417. The number of rotatable bonds is 4.